The molecule has 1 aromatic heterocycles. The van der Waals surface area contributed by atoms with Gasteiger partial charge in [0.05, 0.1) is 13.2 Å². The number of aromatic nitrogens is 1. The van der Waals surface area contributed by atoms with Gasteiger partial charge in [-0.25, -0.2) is 9.78 Å². The van der Waals surface area contributed by atoms with Crippen molar-refractivity contribution in [2.45, 2.75) is 6.92 Å². The van der Waals surface area contributed by atoms with E-state index in [0.29, 0.717) is 36.3 Å². The summed E-state index contributed by atoms with van der Waals surface area (Å²) in [5, 5.41) is 10.3. The monoisotopic (exact) mass is 252 g/mol. The van der Waals surface area contributed by atoms with Crippen LogP contribution in [-0.4, -0.2) is 42.4 Å². The quantitative estimate of drug-likeness (QED) is 0.797. The first-order valence-corrected chi connectivity index (χ1v) is 6.03. The Bertz CT molecular complexity index is 481. The van der Waals surface area contributed by atoms with Gasteiger partial charge in [-0.1, -0.05) is 17.3 Å². The fourth-order valence-electron chi connectivity index (χ4n) is 1.59. The lowest BCUT2D eigenvalue weighted by atomic mass is 10.4. The van der Waals surface area contributed by atoms with E-state index in [1.165, 1.54) is 11.3 Å². The van der Waals surface area contributed by atoms with Crippen LogP contribution in [0.3, 0.4) is 0 Å². The average Bonchev–Trinajstić information content (AvgIpc) is 2.75. The van der Waals surface area contributed by atoms with Crippen molar-refractivity contribution in [2.24, 2.45) is 0 Å². The summed E-state index contributed by atoms with van der Waals surface area (Å²) in [7, 11) is 0. The molecule has 1 fully saturated rings. The highest BCUT2D eigenvalue weighted by Crippen LogP contribution is 2.29. The number of aromatic carboxylic acids is 1. The summed E-state index contributed by atoms with van der Waals surface area (Å²) in [4.78, 5) is 17.1. The van der Waals surface area contributed by atoms with Crippen molar-refractivity contribution in [3.8, 4) is 11.8 Å². The van der Waals surface area contributed by atoms with Crippen LogP contribution in [0.4, 0.5) is 5.00 Å². The number of thiazole rings is 1. The van der Waals surface area contributed by atoms with Gasteiger partial charge in [0.25, 0.3) is 0 Å². The fraction of sp³-hybridized carbons (Fsp3) is 0.455. The van der Waals surface area contributed by atoms with Crippen LogP contribution in [0, 0.1) is 11.8 Å². The summed E-state index contributed by atoms with van der Waals surface area (Å²) in [5.74, 6) is 4.52. The Morgan fingerprint density at radius 1 is 1.53 bits per heavy atom. The molecular formula is C11H12N2O3S. The molecule has 6 heteroatoms. The Kier molecular flexibility index (Phi) is 3.61. The molecule has 1 N–H and O–H groups in total. The van der Waals surface area contributed by atoms with Crippen LogP contribution in [0.5, 0.6) is 0 Å². The van der Waals surface area contributed by atoms with E-state index in [2.05, 4.69) is 16.8 Å². The smallest absolute Gasteiger partial charge is 0.357 e. The van der Waals surface area contributed by atoms with Gasteiger partial charge in [-0.2, -0.15) is 0 Å². The van der Waals surface area contributed by atoms with Crippen LogP contribution in [0.25, 0.3) is 0 Å². The summed E-state index contributed by atoms with van der Waals surface area (Å²) in [6.07, 6.45) is 0. The van der Waals surface area contributed by atoms with Crippen molar-refractivity contribution in [1.82, 2.24) is 4.98 Å². The number of ether oxygens (including phenoxy) is 1. The molecule has 0 spiro atoms. The lowest BCUT2D eigenvalue weighted by molar-refractivity contribution is 0.0690. The number of carboxylic acid groups (broad SMARTS) is 1. The second kappa shape index (κ2) is 5.17. The highest BCUT2D eigenvalue weighted by atomic mass is 32.1. The molecule has 17 heavy (non-hydrogen) atoms. The molecule has 90 valence electrons. The van der Waals surface area contributed by atoms with Gasteiger partial charge in [0.2, 0.25) is 0 Å². The van der Waals surface area contributed by atoms with Crippen molar-refractivity contribution in [1.29, 1.82) is 0 Å². The third kappa shape index (κ3) is 2.57. The van der Waals surface area contributed by atoms with Crippen LogP contribution >= 0.6 is 11.3 Å². The molecule has 1 saturated heterocycles. The Labute approximate surface area is 103 Å². The lowest BCUT2D eigenvalue weighted by Crippen LogP contribution is -2.36. The summed E-state index contributed by atoms with van der Waals surface area (Å²) in [5.41, 5.74) is 0.0923. The second-order valence-corrected chi connectivity index (χ2v) is 4.43. The van der Waals surface area contributed by atoms with Crippen LogP contribution in [0.2, 0.25) is 0 Å². The molecule has 0 aromatic carbocycles. The lowest BCUT2D eigenvalue weighted by Gasteiger charge is -2.27. The Balaban J connectivity index is 2.34. The number of hydrogen-bond donors (Lipinski definition) is 1. The first kappa shape index (κ1) is 11.9. The zero-order valence-corrected chi connectivity index (χ0v) is 10.2. The molecule has 0 bridgehead atoms. The van der Waals surface area contributed by atoms with E-state index < -0.39 is 5.97 Å². The van der Waals surface area contributed by atoms with Crippen molar-refractivity contribution < 1.29 is 14.6 Å². The van der Waals surface area contributed by atoms with Gasteiger partial charge in [0.15, 0.2) is 10.7 Å². The van der Waals surface area contributed by atoms with E-state index >= 15 is 0 Å². The van der Waals surface area contributed by atoms with Gasteiger partial charge in [0.1, 0.15) is 5.00 Å². The molecule has 0 radical (unpaired) electrons. The summed E-state index contributed by atoms with van der Waals surface area (Å²) in [6.45, 7) is 4.33. The molecule has 0 saturated carbocycles. The van der Waals surface area contributed by atoms with E-state index in [1.54, 1.807) is 6.92 Å². The van der Waals surface area contributed by atoms with Gasteiger partial charge >= 0.3 is 5.97 Å². The highest BCUT2D eigenvalue weighted by molar-refractivity contribution is 7.16. The second-order valence-electron chi connectivity index (χ2n) is 3.45. The number of anilines is 1. The van der Waals surface area contributed by atoms with Gasteiger partial charge in [-0.15, -0.1) is 0 Å². The maximum atomic E-state index is 11.1. The molecule has 0 unspecified atom stereocenters. The van der Waals surface area contributed by atoms with Crippen LogP contribution < -0.4 is 4.90 Å². The minimum absolute atomic E-state index is 0.0923. The maximum absolute atomic E-state index is 11.1. The number of hydrogen-bond acceptors (Lipinski definition) is 5. The maximum Gasteiger partial charge on any atom is 0.357 e. The minimum atomic E-state index is -1.01. The Morgan fingerprint density at radius 3 is 2.82 bits per heavy atom. The molecule has 2 heterocycles. The summed E-state index contributed by atoms with van der Waals surface area (Å²) >= 11 is 1.32. The van der Waals surface area contributed by atoms with E-state index in [9.17, 15) is 4.79 Å². The van der Waals surface area contributed by atoms with Crippen LogP contribution in [0.15, 0.2) is 0 Å². The third-order valence-electron chi connectivity index (χ3n) is 2.34. The van der Waals surface area contributed by atoms with Crippen molar-refractivity contribution in [3.05, 3.63) is 10.7 Å². The van der Waals surface area contributed by atoms with Gasteiger partial charge in [-0.05, 0) is 12.8 Å². The van der Waals surface area contributed by atoms with E-state index in [0.717, 1.165) is 0 Å². The summed E-state index contributed by atoms with van der Waals surface area (Å²) in [6, 6.07) is 0. The SMILES string of the molecule is CC#Cc1nc(C(=O)O)c(N2CCOCC2)s1. The third-order valence-corrected chi connectivity index (χ3v) is 3.37. The number of rotatable bonds is 2. The fourth-order valence-corrected chi connectivity index (χ4v) is 2.61. The first-order valence-electron chi connectivity index (χ1n) is 5.22. The van der Waals surface area contributed by atoms with Crippen LogP contribution in [-0.2, 0) is 4.74 Å². The largest absolute Gasteiger partial charge is 0.476 e. The normalized spacial score (nSPS) is 15.2. The predicted octanol–water partition coefficient (Wildman–Crippen LogP) is 1.05. The highest BCUT2D eigenvalue weighted by Gasteiger charge is 2.23. The Morgan fingerprint density at radius 2 is 2.24 bits per heavy atom. The molecule has 0 aliphatic carbocycles. The number of morpholine rings is 1. The average molecular weight is 252 g/mol. The molecular weight excluding hydrogens is 240 g/mol. The standard InChI is InChI=1S/C11H12N2O3S/c1-2-3-8-12-9(11(14)15)10(17-8)13-4-6-16-7-5-13/h4-7H2,1H3,(H,14,15). The van der Waals surface area contributed by atoms with Gasteiger partial charge in [-0.3, -0.25) is 0 Å². The first-order chi connectivity index (χ1) is 8.22. The molecule has 1 aliphatic rings. The van der Waals surface area contributed by atoms with Gasteiger partial charge < -0.3 is 14.7 Å². The summed E-state index contributed by atoms with van der Waals surface area (Å²) < 4.78 is 5.24. The zero-order chi connectivity index (χ0) is 12.3. The van der Waals surface area contributed by atoms with Crippen LogP contribution in [0.1, 0.15) is 22.4 Å². The van der Waals surface area contributed by atoms with Crippen molar-refractivity contribution in [2.75, 3.05) is 31.2 Å². The molecule has 2 rings (SSSR count). The number of carboxylic acids is 1. The molecule has 1 aromatic rings. The van der Waals surface area contributed by atoms with Crippen molar-refractivity contribution in [3.63, 3.8) is 0 Å². The molecule has 0 amide bonds. The topological polar surface area (TPSA) is 62.7 Å². The minimum Gasteiger partial charge on any atom is -0.476 e. The van der Waals surface area contributed by atoms with E-state index in [4.69, 9.17) is 9.84 Å². The van der Waals surface area contributed by atoms with E-state index in [-0.39, 0.29) is 5.69 Å². The molecule has 1 aliphatic heterocycles. The van der Waals surface area contributed by atoms with Crippen molar-refractivity contribution >= 4 is 22.3 Å². The molecule has 0 atom stereocenters. The van der Waals surface area contributed by atoms with Gasteiger partial charge in [0, 0.05) is 13.1 Å². The van der Waals surface area contributed by atoms with E-state index in [1.807, 2.05) is 4.90 Å². The predicted molar refractivity (Wildman–Crippen MR) is 64.7 cm³/mol. The number of carbonyl (C=O) groups is 1. The number of nitrogens with zero attached hydrogens (tertiary/aromatic N) is 2. The molecule has 5 nitrogen and oxygen atoms in total. The Hall–Kier alpha value is -1.58. The zero-order valence-electron chi connectivity index (χ0n) is 9.39.